The molecule has 2 saturated heterocycles. The highest BCUT2D eigenvalue weighted by atomic mass is 16.5. The van der Waals surface area contributed by atoms with Crippen LogP contribution < -0.4 is 11.1 Å². The van der Waals surface area contributed by atoms with Gasteiger partial charge in [0.05, 0.1) is 6.54 Å². The van der Waals surface area contributed by atoms with Crippen LogP contribution in [0.1, 0.15) is 32.6 Å². The quantitative estimate of drug-likeness (QED) is 0.731. The summed E-state index contributed by atoms with van der Waals surface area (Å²) in [7, 11) is 0. The molecule has 5 heteroatoms. The second-order valence-electron chi connectivity index (χ2n) is 5.71. The smallest absolute Gasteiger partial charge is 0.234 e. The van der Waals surface area contributed by atoms with Crippen LogP contribution in [-0.4, -0.2) is 55.2 Å². The largest absolute Gasteiger partial charge is 0.381 e. The molecular weight excluding hydrogens is 230 g/mol. The van der Waals surface area contributed by atoms with E-state index in [4.69, 9.17) is 10.5 Å². The average molecular weight is 255 g/mol. The Morgan fingerprint density at radius 3 is 2.72 bits per heavy atom. The van der Waals surface area contributed by atoms with Gasteiger partial charge in [-0.25, -0.2) is 0 Å². The highest BCUT2D eigenvalue weighted by Crippen LogP contribution is 2.22. The number of carbonyl (C=O) groups excluding carboxylic acids is 1. The van der Waals surface area contributed by atoms with Crippen molar-refractivity contribution >= 4 is 5.91 Å². The number of nitrogens with two attached hydrogens (primary N) is 1. The zero-order valence-electron chi connectivity index (χ0n) is 11.3. The van der Waals surface area contributed by atoms with Gasteiger partial charge in [0.1, 0.15) is 0 Å². The van der Waals surface area contributed by atoms with Crippen molar-refractivity contribution in [2.24, 2.45) is 5.73 Å². The first kappa shape index (κ1) is 13.8. The number of hydrogen-bond acceptors (Lipinski definition) is 4. The maximum atomic E-state index is 11.8. The number of nitrogens with one attached hydrogen (secondary N) is 1. The summed E-state index contributed by atoms with van der Waals surface area (Å²) in [5, 5.41) is 3.08. The van der Waals surface area contributed by atoms with Gasteiger partial charge in [-0.15, -0.1) is 0 Å². The lowest BCUT2D eigenvalue weighted by Crippen LogP contribution is -2.68. The van der Waals surface area contributed by atoms with E-state index < -0.39 is 0 Å². The molecule has 0 unspecified atom stereocenters. The van der Waals surface area contributed by atoms with Crippen LogP contribution in [0.5, 0.6) is 0 Å². The molecular formula is C13H25N3O2. The molecule has 18 heavy (non-hydrogen) atoms. The normalized spacial score (nSPS) is 24.6. The number of amides is 1. The van der Waals surface area contributed by atoms with Crippen LogP contribution in [0.25, 0.3) is 0 Å². The number of ether oxygens (including phenoxy) is 1. The van der Waals surface area contributed by atoms with E-state index >= 15 is 0 Å². The van der Waals surface area contributed by atoms with Crippen molar-refractivity contribution in [3.8, 4) is 0 Å². The molecule has 2 aliphatic heterocycles. The lowest BCUT2D eigenvalue weighted by molar-refractivity contribution is -0.125. The van der Waals surface area contributed by atoms with Gasteiger partial charge < -0.3 is 15.8 Å². The van der Waals surface area contributed by atoms with Crippen molar-refractivity contribution in [3.05, 3.63) is 0 Å². The van der Waals surface area contributed by atoms with Crippen LogP contribution in [0, 0.1) is 0 Å². The van der Waals surface area contributed by atoms with Crippen LogP contribution in [0.2, 0.25) is 0 Å². The van der Waals surface area contributed by atoms with Gasteiger partial charge in [-0.05, 0) is 19.3 Å². The number of likely N-dealkylation sites (tertiary alicyclic amines) is 1. The van der Waals surface area contributed by atoms with Crippen molar-refractivity contribution in [1.29, 1.82) is 0 Å². The summed E-state index contributed by atoms with van der Waals surface area (Å²) in [6, 6.07) is 0.297. The third-order valence-corrected chi connectivity index (χ3v) is 3.78. The third-order valence-electron chi connectivity index (χ3n) is 3.78. The summed E-state index contributed by atoms with van der Waals surface area (Å²) in [5.74, 6) is 0.125. The summed E-state index contributed by atoms with van der Waals surface area (Å²) < 4.78 is 5.27. The van der Waals surface area contributed by atoms with Crippen molar-refractivity contribution in [2.75, 3.05) is 32.8 Å². The monoisotopic (exact) mass is 255 g/mol. The summed E-state index contributed by atoms with van der Waals surface area (Å²) in [5.41, 5.74) is 6.13. The lowest BCUT2D eigenvalue weighted by atomic mass is 9.86. The molecule has 0 aromatic carbocycles. The summed E-state index contributed by atoms with van der Waals surface area (Å²) in [6.45, 7) is 5.85. The average Bonchev–Trinajstić information content (AvgIpc) is 2.28. The van der Waals surface area contributed by atoms with Crippen LogP contribution in [0.4, 0.5) is 0 Å². The van der Waals surface area contributed by atoms with Gasteiger partial charge in [0.2, 0.25) is 5.91 Å². The van der Waals surface area contributed by atoms with Crippen LogP contribution >= 0.6 is 0 Å². The maximum Gasteiger partial charge on any atom is 0.234 e. The molecule has 1 amide bonds. The fourth-order valence-electron chi connectivity index (χ4n) is 2.93. The van der Waals surface area contributed by atoms with E-state index in [1.165, 1.54) is 0 Å². The van der Waals surface area contributed by atoms with Crippen molar-refractivity contribution < 1.29 is 9.53 Å². The number of carbonyl (C=O) groups is 1. The zero-order chi connectivity index (χ0) is 13.0. The molecule has 2 fully saturated rings. The highest BCUT2D eigenvalue weighted by Gasteiger charge is 2.39. The van der Waals surface area contributed by atoms with E-state index in [1.807, 2.05) is 0 Å². The predicted molar refractivity (Wildman–Crippen MR) is 70.3 cm³/mol. The predicted octanol–water partition coefficient (Wildman–Crippen LogP) is 0.0948. The molecule has 104 valence electrons. The van der Waals surface area contributed by atoms with Crippen molar-refractivity contribution in [2.45, 2.75) is 44.2 Å². The van der Waals surface area contributed by atoms with Gasteiger partial charge in [-0.3, -0.25) is 9.69 Å². The molecule has 0 bridgehead atoms. The minimum atomic E-state index is -0.0479. The van der Waals surface area contributed by atoms with E-state index in [2.05, 4.69) is 17.1 Å². The molecule has 2 aliphatic rings. The SMILES string of the molecule is CCCC1(N)CN(CC(=O)NC2CCOCC2)C1. The molecule has 3 N–H and O–H groups in total. The standard InChI is InChI=1S/C13H25N3O2/c1-2-5-13(14)9-16(10-13)8-12(17)15-11-3-6-18-7-4-11/h11H,2-10,14H2,1H3,(H,15,17). The maximum absolute atomic E-state index is 11.8. The minimum absolute atomic E-state index is 0.0479. The second kappa shape index (κ2) is 5.99. The Kier molecular flexibility index (Phi) is 4.59. The first-order valence-corrected chi connectivity index (χ1v) is 7.00. The Morgan fingerprint density at radius 2 is 2.11 bits per heavy atom. The molecule has 0 aromatic rings. The summed E-state index contributed by atoms with van der Waals surface area (Å²) in [6.07, 6.45) is 4.02. The number of nitrogens with zero attached hydrogens (tertiary/aromatic N) is 1. The van der Waals surface area contributed by atoms with Crippen LogP contribution in [0.3, 0.4) is 0 Å². The molecule has 2 rings (SSSR count). The van der Waals surface area contributed by atoms with E-state index in [9.17, 15) is 4.79 Å². The van der Waals surface area contributed by atoms with Gasteiger partial charge in [-0.1, -0.05) is 13.3 Å². The van der Waals surface area contributed by atoms with Crippen molar-refractivity contribution in [3.63, 3.8) is 0 Å². The van der Waals surface area contributed by atoms with Gasteiger partial charge in [0.15, 0.2) is 0 Å². The topological polar surface area (TPSA) is 67.6 Å². The van der Waals surface area contributed by atoms with Crippen LogP contribution in [0.15, 0.2) is 0 Å². The molecule has 0 saturated carbocycles. The fraction of sp³-hybridized carbons (Fsp3) is 0.923. The molecule has 0 aliphatic carbocycles. The summed E-state index contributed by atoms with van der Waals surface area (Å²) in [4.78, 5) is 14.0. The molecule has 0 radical (unpaired) electrons. The lowest BCUT2D eigenvalue weighted by Gasteiger charge is -2.47. The molecule has 2 heterocycles. The van der Waals surface area contributed by atoms with Crippen molar-refractivity contribution in [1.82, 2.24) is 10.2 Å². The fourth-order valence-corrected chi connectivity index (χ4v) is 2.93. The third kappa shape index (κ3) is 3.67. The van der Waals surface area contributed by atoms with Gasteiger partial charge in [0.25, 0.3) is 0 Å². The van der Waals surface area contributed by atoms with Gasteiger partial charge >= 0.3 is 0 Å². The van der Waals surface area contributed by atoms with Gasteiger partial charge in [-0.2, -0.15) is 0 Å². The first-order chi connectivity index (χ1) is 8.61. The molecule has 0 atom stereocenters. The molecule has 5 nitrogen and oxygen atoms in total. The van der Waals surface area contributed by atoms with Gasteiger partial charge in [0, 0.05) is 37.9 Å². The molecule has 0 aromatic heterocycles. The van der Waals surface area contributed by atoms with E-state index in [0.717, 1.165) is 52.0 Å². The number of rotatable bonds is 5. The van der Waals surface area contributed by atoms with E-state index in [1.54, 1.807) is 0 Å². The Balaban J connectivity index is 1.64. The van der Waals surface area contributed by atoms with Crippen LogP contribution in [-0.2, 0) is 9.53 Å². The van der Waals surface area contributed by atoms with E-state index in [0.29, 0.717) is 12.6 Å². The minimum Gasteiger partial charge on any atom is -0.381 e. The Hall–Kier alpha value is -0.650. The molecule has 0 spiro atoms. The Bertz CT molecular complexity index is 284. The van der Waals surface area contributed by atoms with E-state index in [-0.39, 0.29) is 11.4 Å². The Morgan fingerprint density at radius 1 is 1.44 bits per heavy atom. The Labute approximate surface area is 109 Å². The summed E-state index contributed by atoms with van der Waals surface area (Å²) >= 11 is 0. The number of hydrogen-bond donors (Lipinski definition) is 2. The zero-order valence-corrected chi connectivity index (χ0v) is 11.3. The first-order valence-electron chi connectivity index (χ1n) is 7.00. The second-order valence-corrected chi connectivity index (χ2v) is 5.71. The highest BCUT2D eigenvalue weighted by molar-refractivity contribution is 5.78.